The van der Waals surface area contributed by atoms with Gasteiger partial charge in [-0.05, 0) is 29.8 Å². The van der Waals surface area contributed by atoms with Crippen LogP contribution >= 0.6 is 0 Å². The molecule has 0 bridgehead atoms. The molecular formula is C16H12N2O4. The van der Waals surface area contributed by atoms with Crippen LogP contribution in [-0.2, 0) is 11.3 Å². The zero-order valence-corrected chi connectivity index (χ0v) is 11.4. The number of carbonyl (C=O) groups is 2. The number of cyclic esters (lactones) is 1. The van der Waals surface area contributed by atoms with Crippen molar-refractivity contribution in [3.8, 4) is 0 Å². The molecule has 1 aliphatic rings. The number of fused-ring (bicyclic) bond motifs is 1. The van der Waals surface area contributed by atoms with Crippen LogP contribution in [0.5, 0.6) is 0 Å². The highest BCUT2D eigenvalue weighted by Crippen LogP contribution is 2.20. The Morgan fingerprint density at radius 3 is 2.95 bits per heavy atom. The predicted molar refractivity (Wildman–Crippen MR) is 80.2 cm³/mol. The van der Waals surface area contributed by atoms with Crippen molar-refractivity contribution in [2.24, 2.45) is 5.10 Å². The molecule has 0 spiro atoms. The lowest BCUT2D eigenvalue weighted by Crippen LogP contribution is -1.98. The van der Waals surface area contributed by atoms with Crippen LogP contribution in [0.3, 0.4) is 0 Å². The molecule has 0 aromatic heterocycles. The van der Waals surface area contributed by atoms with E-state index in [2.05, 4.69) is 10.5 Å². The predicted octanol–water partition coefficient (Wildman–Crippen LogP) is 2.50. The molecule has 0 aliphatic carbocycles. The lowest BCUT2D eigenvalue weighted by atomic mass is 10.1. The van der Waals surface area contributed by atoms with Crippen LogP contribution < -0.4 is 5.43 Å². The average Bonchev–Trinajstić information content (AvgIpc) is 2.89. The van der Waals surface area contributed by atoms with Gasteiger partial charge < -0.3 is 9.84 Å². The minimum Gasteiger partial charge on any atom is -0.478 e. The molecule has 0 saturated heterocycles. The van der Waals surface area contributed by atoms with Crippen LogP contribution in [0.2, 0.25) is 0 Å². The molecule has 0 fully saturated rings. The molecule has 110 valence electrons. The van der Waals surface area contributed by atoms with Gasteiger partial charge >= 0.3 is 11.9 Å². The Kier molecular flexibility index (Phi) is 3.57. The summed E-state index contributed by atoms with van der Waals surface area (Å²) in [4.78, 5) is 22.4. The number of hydrazone groups is 1. The molecule has 0 unspecified atom stereocenters. The van der Waals surface area contributed by atoms with Crippen LogP contribution in [0.25, 0.3) is 0 Å². The smallest absolute Gasteiger partial charge is 0.338 e. The van der Waals surface area contributed by atoms with E-state index in [1.54, 1.807) is 24.4 Å². The van der Waals surface area contributed by atoms with Gasteiger partial charge in [-0.1, -0.05) is 18.2 Å². The zero-order valence-electron chi connectivity index (χ0n) is 11.4. The number of ether oxygens (including phenoxy) is 1. The van der Waals surface area contributed by atoms with Crippen LogP contribution in [0.1, 0.15) is 31.8 Å². The number of hydrogen-bond acceptors (Lipinski definition) is 5. The molecule has 0 radical (unpaired) electrons. The van der Waals surface area contributed by atoms with Crippen molar-refractivity contribution in [1.82, 2.24) is 0 Å². The van der Waals surface area contributed by atoms with Crippen LogP contribution in [0.15, 0.2) is 47.6 Å². The van der Waals surface area contributed by atoms with Gasteiger partial charge in [0.2, 0.25) is 0 Å². The van der Waals surface area contributed by atoms with E-state index in [9.17, 15) is 9.59 Å². The van der Waals surface area contributed by atoms with E-state index < -0.39 is 5.97 Å². The summed E-state index contributed by atoms with van der Waals surface area (Å²) in [5, 5.41) is 13.0. The Balaban J connectivity index is 1.73. The van der Waals surface area contributed by atoms with Crippen LogP contribution in [0, 0.1) is 0 Å². The average molecular weight is 296 g/mol. The number of carboxylic acid groups (broad SMARTS) is 1. The van der Waals surface area contributed by atoms with E-state index >= 15 is 0 Å². The van der Waals surface area contributed by atoms with Crippen LogP contribution in [-0.4, -0.2) is 23.3 Å². The highest BCUT2D eigenvalue weighted by Gasteiger charge is 2.20. The lowest BCUT2D eigenvalue weighted by Gasteiger charge is -2.01. The summed E-state index contributed by atoms with van der Waals surface area (Å²) < 4.78 is 4.93. The number of nitrogens with one attached hydrogen (secondary N) is 1. The zero-order chi connectivity index (χ0) is 15.5. The SMILES string of the molecule is O=C(O)c1cccc(N/N=C/c2ccc3c(c2)C(=O)OC3)c1. The number of anilines is 1. The van der Waals surface area contributed by atoms with E-state index in [4.69, 9.17) is 9.84 Å². The molecule has 6 nitrogen and oxygen atoms in total. The summed E-state index contributed by atoms with van der Waals surface area (Å²) in [6.07, 6.45) is 1.55. The molecule has 22 heavy (non-hydrogen) atoms. The van der Waals surface area contributed by atoms with Gasteiger partial charge in [-0.15, -0.1) is 0 Å². The largest absolute Gasteiger partial charge is 0.478 e. The molecule has 2 aromatic rings. The maximum absolute atomic E-state index is 11.5. The number of hydrogen-bond donors (Lipinski definition) is 2. The molecular weight excluding hydrogens is 284 g/mol. The Bertz CT molecular complexity index is 783. The van der Waals surface area contributed by atoms with Gasteiger partial charge in [-0.25, -0.2) is 9.59 Å². The normalized spacial score (nSPS) is 13.0. The lowest BCUT2D eigenvalue weighted by molar-refractivity contribution is 0.0534. The second-order valence-corrected chi connectivity index (χ2v) is 4.75. The molecule has 1 aliphatic heterocycles. The number of nitrogens with zero attached hydrogens (tertiary/aromatic N) is 1. The van der Waals surface area contributed by atoms with Gasteiger partial charge in [-0.3, -0.25) is 5.43 Å². The molecule has 2 aromatic carbocycles. The third kappa shape index (κ3) is 2.80. The number of esters is 1. The van der Waals surface area contributed by atoms with Crippen molar-refractivity contribution in [3.63, 3.8) is 0 Å². The number of carboxylic acids is 1. The second-order valence-electron chi connectivity index (χ2n) is 4.75. The van der Waals surface area contributed by atoms with E-state index in [1.165, 1.54) is 12.1 Å². The van der Waals surface area contributed by atoms with Gasteiger partial charge in [-0.2, -0.15) is 5.10 Å². The van der Waals surface area contributed by atoms with E-state index in [0.29, 0.717) is 17.9 Å². The number of carbonyl (C=O) groups excluding carboxylic acids is 1. The second kappa shape index (κ2) is 5.69. The first-order chi connectivity index (χ1) is 10.6. The first kappa shape index (κ1) is 13.8. The topological polar surface area (TPSA) is 88.0 Å². The number of rotatable bonds is 4. The summed E-state index contributed by atoms with van der Waals surface area (Å²) in [7, 11) is 0. The summed E-state index contributed by atoms with van der Waals surface area (Å²) in [5.41, 5.74) is 5.67. The Hall–Kier alpha value is -3.15. The minimum atomic E-state index is -0.996. The Labute approximate surface area is 126 Å². The molecule has 1 heterocycles. The molecule has 0 amide bonds. The monoisotopic (exact) mass is 296 g/mol. The molecule has 0 atom stereocenters. The molecule has 3 rings (SSSR count). The van der Waals surface area contributed by atoms with Crippen molar-refractivity contribution in [2.75, 3.05) is 5.43 Å². The fraction of sp³-hybridized carbons (Fsp3) is 0.0625. The van der Waals surface area contributed by atoms with Gasteiger partial charge in [0, 0.05) is 5.56 Å². The van der Waals surface area contributed by atoms with Gasteiger partial charge in [0.25, 0.3) is 0 Å². The summed E-state index contributed by atoms with van der Waals surface area (Å²) in [6, 6.07) is 11.7. The van der Waals surface area contributed by atoms with Crippen molar-refractivity contribution in [3.05, 3.63) is 64.7 Å². The first-order valence-corrected chi connectivity index (χ1v) is 6.56. The maximum Gasteiger partial charge on any atom is 0.338 e. The van der Waals surface area contributed by atoms with E-state index in [0.717, 1.165) is 11.1 Å². The van der Waals surface area contributed by atoms with Gasteiger partial charge in [0.1, 0.15) is 6.61 Å². The number of aromatic carboxylic acids is 1. The van der Waals surface area contributed by atoms with E-state index in [-0.39, 0.29) is 11.5 Å². The van der Waals surface area contributed by atoms with E-state index in [1.807, 2.05) is 12.1 Å². The molecule has 6 heteroatoms. The Morgan fingerprint density at radius 2 is 2.14 bits per heavy atom. The van der Waals surface area contributed by atoms with Crippen molar-refractivity contribution < 1.29 is 19.4 Å². The highest BCUT2D eigenvalue weighted by atomic mass is 16.5. The Morgan fingerprint density at radius 1 is 1.27 bits per heavy atom. The van der Waals surface area contributed by atoms with Crippen molar-refractivity contribution in [2.45, 2.75) is 6.61 Å². The summed E-state index contributed by atoms with van der Waals surface area (Å²) >= 11 is 0. The molecule has 2 N–H and O–H groups in total. The quantitative estimate of drug-likeness (QED) is 0.514. The summed E-state index contributed by atoms with van der Waals surface area (Å²) in [5.74, 6) is -1.32. The molecule has 0 saturated carbocycles. The fourth-order valence-corrected chi connectivity index (χ4v) is 2.11. The minimum absolute atomic E-state index is 0.181. The van der Waals surface area contributed by atoms with Crippen molar-refractivity contribution in [1.29, 1.82) is 0 Å². The van der Waals surface area contributed by atoms with Gasteiger partial charge in [0.05, 0.1) is 23.0 Å². The fourth-order valence-electron chi connectivity index (χ4n) is 2.11. The third-order valence-corrected chi connectivity index (χ3v) is 3.23. The van der Waals surface area contributed by atoms with Gasteiger partial charge in [0.15, 0.2) is 0 Å². The number of benzene rings is 2. The van der Waals surface area contributed by atoms with Crippen LogP contribution in [0.4, 0.5) is 5.69 Å². The maximum atomic E-state index is 11.5. The summed E-state index contributed by atoms with van der Waals surface area (Å²) in [6.45, 7) is 0.311. The van der Waals surface area contributed by atoms with Crippen molar-refractivity contribution >= 4 is 23.8 Å². The first-order valence-electron chi connectivity index (χ1n) is 6.56. The third-order valence-electron chi connectivity index (χ3n) is 3.23. The highest BCUT2D eigenvalue weighted by molar-refractivity contribution is 5.95. The standard InChI is InChI=1S/C16H12N2O4/c19-15(20)11-2-1-3-13(7-11)18-17-8-10-4-5-12-9-22-16(21)14(12)6-10/h1-8,18H,9H2,(H,19,20)/b17-8+.